The van der Waals surface area contributed by atoms with Gasteiger partial charge in [0.25, 0.3) is 0 Å². The number of hydrogen-bond donors (Lipinski definition) is 2. The van der Waals surface area contributed by atoms with Gasteiger partial charge in [-0.05, 0) is 12.8 Å². The van der Waals surface area contributed by atoms with Crippen molar-refractivity contribution in [1.29, 1.82) is 0 Å². The fraction of sp³-hybridized carbons (Fsp3) is 0.538. The van der Waals surface area contributed by atoms with E-state index in [1.54, 1.807) is 17.9 Å². The number of aryl methyl sites for hydroxylation is 1. The number of ether oxygens (including phenoxy) is 1. The van der Waals surface area contributed by atoms with Crippen molar-refractivity contribution in [2.24, 2.45) is 12.5 Å². The molecule has 1 fully saturated rings. The molecule has 3 rings (SSSR count). The number of carboxylic acid groups (broad SMARTS) is 1. The molecule has 0 amide bonds. The molecule has 8 heteroatoms. The van der Waals surface area contributed by atoms with Crippen LogP contribution >= 0.6 is 0 Å². The number of aromatic nitrogens is 4. The van der Waals surface area contributed by atoms with Gasteiger partial charge in [0.1, 0.15) is 12.1 Å². The van der Waals surface area contributed by atoms with Crippen LogP contribution in [-0.4, -0.2) is 50.6 Å². The second-order valence-corrected chi connectivity index (χ2v) is 5.28. The normalized spacial score (nSPS) is 17.8. The molecule has 0 spiro atoms. The molecule has 1 saturated heterocycles. The van der Waals surface area contributed by atoms with Gasteiger partial charge in [0, 0.05) is 26.8 Å². The molecule has 0 aromatic carbocycles. The largest absolute Gasteiger partial charge is 0.481 e. The summed E-state index contributed by atoms with van der Waals surface area (Å²) in [6.45, 7) is 1.26. The van der Waals surface area contributed by atoms with Crippen LogP contribution in [0.5, 0.6) is 0 Å². The number of hydrogen-bond acceptors (Lipinski definition) is 6. The first-order valence-electron chi connectivity index (χ1n) is 6.80. The fourth-order valence-electron chi connectivity index (χ4n) is 2.58. The molecule has 0 radical (unpaired) electrons. The second-order valence-electron chi connectivity index (χ2n) is 5.28. The van der Waals surface area contributed by atoms with E-state index in [-0.39, 0.29) is 0 Å². The Bertz CT molecular complexity index is 663. The Hall–Kier alpha value is -2.22. The molecular formula is C13H17N5O3. The van der Waals surface area contributed by atoms with Crippen LogP contribution in [0.3, 0.4) is 0 Å². The molecule has 112 valence electrons. The van der Waals surface area contributed by atoms with Crippen molar-refractivity contribution >= 4 is 22.8 Å². The molecule has 0 unspecified atom stereocenters. The van der Waals surface area contributed by atoms with Crippen molar-refractivity contribution in [1.82, 2.24) is 19.7 Å². The predicted molar refractivity (Wildman–Crippen MR) is 74.9 cm³/mol. The third-order valence-electron chi connectivity index (χ3n) is 4.03. The lowest BCUT2D eigenvalue weighted by Gasteiger charge is -2.33. The number of carboxylic acids is 1. The third kappa shape index (κ3) is 2.42. The number of nitrogens with one attached hydrogen (secondary N) is 1. The molecule has 2 aromatic heterocycles. The first-order chi connectivity index (χ1) is 10.1. The summed E-state index contributed by atoms with van der Waals surface area (Å²) >= 11 is 0. The van der Waals surface area contributed by atoms with Crippen molar-refractivity contribution < 1.29 is 14.6 Å². The smallest absolute Gasteiger partial charge is 0.311 e. The summed E-state index contributed by atoms with van der Waals surface area (Å²) in [4.78, 5) is 20.0. The minimum absolute atomic E-state index is 0.312. The Balaban J connectivity index is 1.83. The molecule has 0 bridgehead atoms. The van der Waals surface area contributed by atoms with Crippen molar-refractivity contribution in [2.75, 3.05) is 25.1 Å². The Morgan fingerprint density at radius 2 is 2.24 bits per heavy atom. The Kier molecular flexibility index (Phi) is 3.46. The molecular weight excluding hydrogens is 274 g/mol. The first kappa shape index (κ1) is 13.7. The number of anilines is 1. The van der Waals surface area contributed by atoms with Gasteiger partial charge in [0.15, 0.2) is 5.65 Å². The van der Waals surface area contributed by atoms with Gasteiger partial charge in [-0.1, -0.05) is 0 Å². The van der Waals surface area contributed by atoms with Gasteiger partial charge in [-0.25, -0.2) is 9.97 Å². The molecule has 0 atom stereocenters. The number of carbonyl (C=O) groups is 1. The van der Waals surface area contributed by atoms with E-state index in [0.717, 1.165) is 5.39 Å². The van der Waals surface area contributed by atoms with Crippen LogP contribution in [0.25, 0.3) is 11.0 Å². The lowest BCUT2D eigenvalue weighted by atomic mass is 9.80. The van der Waals surface area contributed by atoms with Gasteiger partial charge >= 0.3 is 5.97 Å². The zero-order valence-corrected chi connectivity index (χ0v) is 11.7. The van der Waals surface area contributed by atoms with Crippen molar-refractivity contribution in [3.63, 3.8) is 0 Å². The van der Waals surface area contributed by atoms with Crippen LogP contribution in [0.15, 0.2) is 12.5 Å². The minimum Gasteiger partial charge on any atom is -0.481 e. The van der Waals surface area contributed by atoms with E-state index in [0.29, 0.717) is 44.1 Å². The summed E-state index contributed by atoms with van der Waals surface area (Å²) in [7, 11) is 1.80. The minimum atomic E-state index is -0.808. The number of fused-ring (bicyclic) bond motifs is 1. The summed E-state index contributed by atoms with van der Waals surface area (Å²) in [6.07, 6.45) is 4.12. The molecule has 21 heavy (non-hydrogen) atoms. The highest BCUT2D eigenvalue weighted by atomic mass is 16.5. The highest BCUT2D eigenvalue weighted by Crippen LogP contribution is 2.31. The van der Waals surface area contributed by atoms with E-state index in [2.05, 4.69) is 20.4 Å². The van der Waals surface area contributed by atoms with E-state index in [1.165, 1.54) is 6.33 Å². The first-order valence-corrected chi connectivity index (χ1v) is 6.80. The van der Waals surface area contributed by atoms with E-state index in [9.17, 15) is 9.90 Å². The van der Waals surface area contributed by atoms with Crippen LogP contribution in [0.4, 0.5) is 5.82 Å². The van der Waals surface area contributed by atoms with Crippen molar-refractivity contribution in [3.05, 3.63) is 12.5 Å². The summed E-state index contributed by atoms with van der Waals surface area (Å²) in [5.74, 6) is -0.185. The quantitative estimate of drug-likeness (QED) is 0.852. The zero-order valence-electron chi connectivity index (χ0n) is 11.7. The summed E-state index contributed by atoms with van der Waals surface area (Å²) < 4.78 is 6.93. The molecule has 1 aliphatic heterocycles. The van der Waals surface area contributed by atoms with Gasteiger partial charge in [0.2, 0.25) is 0 Å². The number of nitrogens with zero attached hydrogens (tertiary/aromatic N) is 4. The number of rotatable bonds is 4. The summed E-state index contributed by atoms with van der Waals surface area (Å²) in [5, 5.41) is 17.6. The van der Waals surface area contributed by atoms with Crippen LogP contribution in [0.1, 0.15) is 12.8 Å². The zero-order chi connectivity index (χ0) is 14.9. The van der Waals surface area contributed by atoms with Gasteiger partial charge in [0.05, 0.1) is 17.0 Å². The predicted octanol–water partition coefficient (Wildman–Crippen LogP) is 0.657. The molecule has 8 nitrogen and oxygen atoms in total. The molecule has 3 heterocycles. The molecule has 2 aromatic rings. The van der Waals surface area contributed by atoms with Crippen LogP contribution < -0.4 is 5.32 Å². The maximum absolute atomic E-state index is 11.6. The van der Waals surface area contributed by atoms with Gasteiger partial charge < -0.3 is 15.2 Å². The molecule has 2 N–H and O–H groups in total. The number of aliphatic carboxylic acids is 1. The van der Waals surface area contributed by atoms with Crippen molar-refractivity contribution in [3.8, 4) is 0 Å². The average Bonchev–Trinajstić information content (AvgIpc) is 2.88. The van der Waals surface area contributed by atoms with Crippen LogP contribution in [0, 0.1) is 5.41 Å². The van der Waals surface area contributed by atoms with Crippen molar-refractivity contribution in [2.45, 2.75) is 12.8 Å². The van der Waals surface area contributed by atoms with Crippen LogP contribution in [-0.2, 0) is 16.6 Å². The fourth-order valence-corrected chi connectivity index (χ4v) is 2.58. The van der Waals surface area contributed by atoms with E-state index in [1.807, 2.05) is 0 Å². The Morgan fingerprint density at radius 3 is 2.95 bits per heavy atom. The lowest BCUT2D eigenvalue weighted by molar-refractivity contribution is -0.153. The summed E-state index contributed by atoms with van der Waals surface area (Å²) in [5.41, 5.74) is -0.0959. The summed E-state index contributed by atoms with van der Waals surface area (Å²) in [6, 6.07) is 0. The Morgan fingerprint density at radius 1 is 1.48 bits per heavy atom. The van der Waals surface area contributed by atoms with E-state index < -0.39 is 11.4 Å². The standard InChI is InChI=1S/C13H17N5O3/c1-18-11-9(6-17-18)10(15-8-16-11)14-7-13(12(19)20)2-4-21-5-3-13/h6,8H,2-5,7H2,1H3,(H,19,20)(H,14,15,16). The SMILES string of the molecule is Cn1ncc2c(NCC3(C(=O)O)CCOCC3)ncnc21. The maximum atomic E-state index is 11.6. The molecule has 1 aliphatic rings. The van der Waals surface area contributed by atoms with Gasteiger partial charge in [-0.15, -0.1) is 0 Å². The van der Waals surface area contributed by atoms with E-state index in [4.69, 9.17) is 4.74 Å². The van der Waals surface area contributed by atoms with Gasteiger partial charge in [-0.2, -0.15) is 5.10 Å². The third-order valence-corrected chi connectivity index (χ3v) is 4.03. The van der Waals surface area contributed by atoms with Crippen LogP contribution in [0.2, 0.25) is 0 Å². The lowest BCUT2D eigenvalue weighted by Crippen LogP contribution is -2.42. The monoisotopic (exact) mass is 291 g/mol. The second kappa shape index (κ2) is 5.28. The highest BCUT2D eigenvalue weighted by molar-refractivity contribution is 5.86. The van der Waals surface area contributed by atoms with E-state index >= 15 is 0 Å². The Labute approximate surface area is 121 Å². The average molecular weight is 291 g/mol. The topological polar surface area (TPSA) is 102 Å². The molecule has 0 saturated carbocycles. The highest BCUT2D eigenvalue weighted by Gasteiger charge is 2.40. The maximum Gasteiger partial charge on any atom is 0.311 e. The van der Waals surface area contributed by atoms with Gasteiger partial charge in [-0.3, -0.25) is 9.48 Å². The molecule has 0 aliphatic carbocycles.